The summed E-state index contributed by atoms with van der Waals surface area (Å²) >= 11 is 0. The van der Waals surface area contributed by atoms with Crippen molar-refractivity contribution >= 4 is 11.9 Å². The average Bonchev–Trinajstić information content (AvgIpc) is 3.10. The number of carbonyl (C=O) groups excluding carboxylic acids is 1. The van der Waals surface area contributed by atoms with Crippen molar-refractivity contribution < 1.29 is 13.9 Å². The zero-order chi connectivity index (χ0) is 17.4. The Hall–Kier alpha value is -2.15. The van der Waals surface area contributed by atoms with E-state index in [4.69, 9.17) is 4.74 Å². The summed E-state index contributed by atoms with van der Waals surface area (Å²) in [5.41, 5.74) is 0.841. The first-order chi connectivity index (χ1) is 11.6. The second-order valence-electron chi connectivity index (χ2n) is 5.73. The molecule has 1 aliphatic heterocycles. The number of nitrogens with zero attached hydrogens (tertiary/aromatic N) is 1. The van der Waals surface area contributed by atoms with Crippen molar-refractivity contribution in [1.82, 2.24) is 16.0 Å². The topological polar surface area (TPSA) is 74.8 Å². The van der Waals surface area contributed by atoms with Crippen LogP contribution in [0.25, 0.3) is 0 Å². The van der Waals surface area contributed by atoms with Gasteiger partial charge in [-0.25, -0.2) is 4.39 Å². The van der Waals surface area contributed by atoms with Gasteiger partial charge in [-0.05, 0) is 37.5 Å². The van der Waals surface area contributed by atoms with Gasteiger partial charge in [-0.1, -0.05) is 6.07 Å². The molecule has 7 heteroatoms. The molecule has 1 heterocycles. The predicted molar refractivity (Wildman–Crippen MR) is 91.8 cm³/mol. The summed E-state index contributed by atoms with van der Waals surface area (Å²) in [4.78, 5) is 16.1. The van der Waals surface area contributed by atoms with Crippen LogP contribution in [0.2, 0.25) is 0 Å². The molecular weight excluding hydrogens is 311 g/mol. The molecule has 24 heavy (non-hydrogen) atoms. The number of carbonyl (C=O) groups is 1. The molecule has 0 saturated carbocycles. The highest BCUT2D eigenvalue weighted by atomic mass is 19.1. The Kier molecular flexibility index (Phi) is 6.99. The monoisotopic (exact) mass is 336 g/mol. The van der Waals surface area contributed by atoms with Crippen LogP contribution in [0.4, 0.5) is 4.39 Å². The summed E-state index contributed by atoms with van der Waals surface area (Å²) in [5.74, 6) is -0.00126. The van der Waals surface area contributed by atoms with Crippen LogP contribution < -0.4 is 16.0 Å². The number of hydrogen-bond donors (Lipinski definition) is 3. The molecule has 3 N–H and O–H groups in total. The van der Waals surface area contributed by atoms with Crippen LogP contribution in [0.1, 0.15) is 28.8 Å². The Morgan fingerprint density at radius 2 is 2.12 bits per heavy atom. The van der Waals surface area contributed by atoms with Crippen molar-refractivity contribution in [3.05, 3.63) is 35.1 Å². The summed E-state index contributed by atoms with van der Waals surface area (Å²) in [6, 6.07) is 4.46. The first kappa shape index (κ1) is 18.2. The number of guanidine groups is 1. The van der Waals surface area contributed by atoms with Gasteiger partial charge in [0.15, 0.2) is 5.96 Å². The SMILES string of the molecule is CN=C(NCCNC(=O)c1ccc(C)c(F)c1)NCC1CCCO1. The molecule has 0 radical (unpaired) electrons. The van der Waals surface area contributed by atoms with Gasteiger partial charge in [0.05, 0.1) is 6.10 Å². The Bertz CT molecular complexity index is 586. The van der Waals surface area contributed by atoms with Gasteiger partial charge >= 0.3 is 0 Å². The fourth-order valence-corrected chi connectivity index (χ4v) is 2.43. The lowest BCUT2D eigenvalue weighted by atomic mass is 10.1. The van der Waals surface area contributed by atoms with E-state index >= 15 is 0 Å². The highest BCUT2D eigenvalue weighted by Gasteiger charge is 2.15. The minimum absolute atomic E-state index is 0.236. The molecule has 1 amide bonds. The van der Waals surface area contributed by atoms with Gasteiger partial charge in [0.25, 0.3) is 5.91 Å². The first-order valence-corrected chi connectivity index (χ1v) is 8.20. The smallest absolute Gasteiger partial charge is 0.251 e. The van der Waals surface area contributed by atoms with Crippen LogP contribution in [-0.4, -0.2) is 51.3 Å². The van der Waals surface area contributed by atoms with Gasteiger partial charge < -0.3 is 20.7 Å². The van der Waals surface area contributed by atoms with Gasteiger partial charge in [-0.2, -0.15) is 0 Å². The first-order valence-electron chi connectivity index (χ1n) is 8.20. The van der Waals surface area contributed by atoms with E-state index in [9.17, 15) is 9.18 Å². The van der Waals surface area contributed by atoms with Crippen LogP contribution in [-0.2, 0) is 4.74 Å². The molecule has 2 rings (SSSR count). The number of ether oxygens (including phenoxy) is 1. The molecule has 6 nitrogen and oxygen atoms in total. The summed E-state index contributed by atoms with van der Waals surface area (Å²) in [7, 11) is 1.69. The quantitative estimate of drug-likeness (QED) is 0.415. The van der Waals surface area contributed by atoms with E-state index in [1.54, 1.807) is 26.1 Å². The van der Waals surface area contributed by atoms with Crippen molar-refractivity contribution in [1.29, 1.82) is 0 Å². The number of nitrogens with one attached hydrogen (secondary N) is 3. The van der Waals surface area contributed by atoms with Gasteiger partial charge in [0.2, 0.25) is 0 Å². The minimum atomic E-state index is -0.375. The summed E-state index contributed by atoms with van der Waals surface area (Å²) in [6.07, 6.45) is 2.40. The molecule has 0 aromatic heterocycles. The van der Waals surface area contributed by atoms with E-state index in [-0.39, 0.29) is 17.8 Å². The lowest BCUT2D eigenvalue weighted by Crippen LogP contribution is -2.43. The number of amides is 1. The molecule has 1 atom stereocenters. The van der Waals surface area contributed by atoms with Crippen molar-refractivity contribution in [2.75, 3.05) is 33.3 Å². The third-order valence-corrected chi connectivity index (χ3v) is 3.88. The lowest BCUT2D eigenvalue weighted by molar-refractivity contribution is 0.0954. The third-order valence-electron chi connectivity index (χ3n) is 3.88. The van der Waals surface area contributed by atoms with Crippen LogP contribution in [0, 0.1) is 12.7 Å². The summed E-state index contributed by atoms with van der Waals surface area (Å²) in [6.45, 7) is 4.13. The molecule has 0 spiro atoms. The third kappa shape index (κ3) is 5.49. The van der Waals surface area contributed by atoms with E-state index < -0.39 is 0 Å². The van der Waals surface area contributed by atoms with Crippen LogP contribution in [0.5, 0.6) is 0 Å². The highest BCUT2D eigenvalue weighted by molar-refractivity contribution is 5.94. The van der Waals surface area contributed by atoms with Gasteiger partial charge in [0.1, 0.15) is 5.82 Å². The largest absolute Gasteiger partial charge is 0.376 e. The number of aryl methyl sites for hydroxylation is 1. The van der Waals surface area contributed by atoms with Crippen molar-refractivity contribution in [2.45, 2.75) is 25.9 Å². The summed E-state index contributed by atoms with van der Waals surface area (Å²) < 4.78 is 19.0. The molecular formula is C17H25FN4O2. The zero-order valence-electron chi connectivity index (χ0n) is 14.2. The Morgan fingerprint density at radius 3 is 2.79 bits per heavy atom. The maximum atomic E-state index is 13.5. The highest BCUT2D eigenvalue weighted by Crippen LogP contribution is 2.10. The van der Waals surface area contributed by atoms with E-state index in [1.807, 2.05) is 0 Å². The molecule has 1 aromatic rings. The molecule has 0 aliphatic carbocycles. The van der Waals surface area contributed by atoms with E-state index in [2.05, 4.69) is 20.9 Å². The van der Waals surface area contributed by atoms with E-state index in [1.165, 1.54) is 6.07 Å². The Labute approximate surface area is 141 Å². The number of rotatable bonds is 6. The molecule has 132 valence electrons. The summed E-state index contributed by atoms with van der Waals surface area (Å²) in [5, 5.41) is 9.06. The maximum absolute atomic E-state index is 13.5. The molecule has 1 fully saturated rings. The second-order valence-corrected chi connectivity index (χ2v) is 5.73. The Morgan fingerprint density at radius 1 is 1.33 bits per heavy atom. The molecule has 1 aliphatic rings. The number of aliphatic imine (C=N–C) groups is 1. The predicted octanol–water partition coefficient (Wildman–Crippen LogP) is 1.21. The van der Waals surface area contributed by atoms with Gasteiger partial charge in [-0.3, -0.25) is 9.79 Å². The van der Waals surface area contributed by atoms with Crippen molar-refractivity contribution in [3.63, 3.8) is 0 Å². The fraction of sp³-hybridized carbons (Fsp3) is 0.529. The molecule has 1 saturated heterocycles. The van der Waals surface area contributed by atoms with Crippen LogP contribution in [0.3, 0.4) is 0 Å². The maximum Gasteiger partial charge on any atom is 0.251 e. The van der Waals surface area contributed by atoms with Crippen LogP contribution in [0.15, 0.2) is 23.2 Å². The molecule has 1 unspecified atom stereocenters. The van der Waals surface area contributed by atoms with E-state index in [0.29, 0.717) is 36.7 Å². The zero-order valence-corrected chi connectivity index (χ0v) is 14.2. The minimum Gasteiger partial charge on any atom is -0.376 e. The normalized spacial score (nSPS) is 17.6. The van der Waals surface area contributed by atoms with Crippen molar-refractivity contribution in [2.24, 2.45) is 4.99 Å². The standard InChI is InChI=1S/C17H25FN4O2/c1-12-5-6-13(10-15(12)18)16(23)20-7-8-21-17(19-2)22-11-14-4-3-9-24-14/h5-6,10,14H,3-4,7-9,11H2,1-2H3,(H,20,23)(H2,19,21,22). The average molecular weight is 336 g/mol. The fourth-order valence-electron chi connectivity index (χ4n) is 2.43. The van der Waals surface area contributed by atoms with Gasteiger partial charge in [0, 0.05) is 38.9 Å². The number of benzene rings is 1. The second kappa shape index (κ2) is 9.22. The Balaban J connectivity index is 1.67. The molecule has 1 aromatic carbocycles. The van der Waals surface area contributed by atoms with Crippen molar-refractivity contribution in [3.8, 4) is 0 Å². The lowest BCUT2D eigenvalue weighted by Gasteiger charge is -2.15. The molecule has 0 bridgehead atoms. The number of hydrogen-bond acceptors (Lipinski definition) is 3. The van der Waals surface area contributed by atoms with E-state index in [0.717, 1.165) is 19.4 Å². The van der Waals surface area contributed by atoms with Gasteiger partial charge in [-0.15, -0.1) is 0 Å². The van der Waals surface area contributed by atoms with Crippen LogP contribution >= 0.6 is 0 Å². The number of halogens is 1.